The number of hydrogen-bond donors (Lipinski definition) is 0. The average Bonchev–Trinajstić information content (AvgIpc) is 3.75. The molecule has 300 valence electrons. The van der Waals surface area contributed by atoms with Crippen molar-refractivity contribution in [2.45, 2.75) is 109 Å². The summed E-state index contributed by atoms with van der Waals surface area (Å²) in [4.78, 5) is 0. The van der Waals surface area contributed by atoms with Crippen molar-refractivity contribution in [3.05, 3.63) is 142 Å². The molecule has 2 aliphatic carbocycles. The van der Waals surface area contributed by atoms with Crippen molar-refractivity contribution >= 4 is 65.2 Å². The molecule has 5 aromatic rings. The third-order valence-corrected chi connectivity index (χ3v) is 37.5. The monoisotopic (exact) mass is 996 g/mol. The van der Waals surface area contributed by atoms with E-state index in [1.165, 1.54) is 38.9 Å². The van der Waals surface area contributed by atoms with Crippen LogP contribution in [0, 0.1) is 5.41 Å². The van der Waals surface area contributed by atoms with E-state index in [1.807, 2.05) is 0 Å². The summed E-state index contributed by atoms with van der Waals surface area (Å²) in [5.74, 6) is 0. The molecule has 0 saturated carbocycles. The summed E-state index contributed by atoms with van der Waals surface area (Å²) in [5, 5.41) is 6.38. The molecule has 0 bridgehead atoms. The number of fused-ring (bicyclic) bond motifs is 6. The van der Waals surface area contributed by atoms with Gasteiger partial charge < -0.3 is 0 Å². The summed E-state index contributed by atoms with van der Waals surface area (Å²) < 4.78 is 6.72. The van der Waals surface area contributed by atoms with Gasteiger partial charge in [-0.15, -0.1) is 0 Å². The van der Waals surface area contributed by atoms with Crippen LogP contribution < -0.4 is 20.7 Å². The second kappa shape index (κ2) is 14.2. The molecule has 0 N–H and O–H groups in total. The van der Waals surface area contributed by atoms with Crippen molar-refractivity contribution in [1.82, 2.24) is 0 Å². The van der Waals surface area contributed by atoms with E-state index < -0.39 is 52.3 Å². The summed E-state index contributed by atoms with van der Waals surface area (Å²) >= 11 is -3.31. The van der Waals surface area contributed by atoms with E-state index in [4.69, 9.17) is 0 Å². The number of benzene rings is 5. The van der Waals surface area contributed by atoms with Gasteiger partial charge in [-0.1, -0.05) is 0 Å². The molecular weight excluding hydrogens is 927 g/mol. The minimum atomic E-state index is -3.31. The Morgan fingerprint density at radius 1 is 0.466 bits per heavy atom. The van der Waals surface area contributed by atoms with Crippen LogP contribution >= 0.6 is 0 Å². The van der Waals surface area contributed by atoms with Crippen LogP contribution in [0.25, 0.3) is 34.4 Å². The predicted octanol–water partition coefficient (Wildman–Crippen LogP) is 13.3. The molecule has 1 heterocycles. The first-order valence-corrected chi connectivity index (χ1v) is 47.3. The molecule has 5 aromatic carbocycles. The molecule has 2 unspecified atom stereocenters. The normalized spacial score (nSPS) is 21.2. The van der Waals surface area contributed by atoms with E-state index in [9.17, 15) is 0 Å². The van der Waals surface area contributed by atoms with Crippen LogP contribution in [0.15, 0.2) is 114 Å². The molecule has 5 heteroatoms. The molecule has 0 spiro atoms. The van der Waals surface area contributed by atoms with Gasteiger partial charge in [0.1, 0.15) is 0 Å². The van der Waals surface area contributed by atoms with Gasteiger partial charge in [-0.3, -0.25) is 0 Å². The van der Waals surface area contributed by atoms with Crippen molar-refractivity contribution in [3.63, 3.8) is 0 Å². The van der Waals surface area contributed by atoms with Crippen molar-refractivity contribution in [1.29, 1.82) is 0 Å². The van der Waals surface area contributed by atoms with Crippen LogP contribution in [-0.4, -0.2) is 32.3 Å². The minimum absolute atomic E-state index is 0.0912. The topological polar surface area (TPSA) is 0 Å². The first kappa shape index (κ1) is 42.0. The van der Waals surface area contributed by atoms with Crippen molar-refractivity contribution in [2.75, 3.05) is 0 Å². The summed E-state index contributed by atoms with van der Waals surface area (Å²) in [6, 6.07) is 41.8. The maximum atomic E-state index is 2.82. The predicted molar refractivity (Wildman–Crippen MR) is 267 cm³/mol. The zero-order chi connectivity index (χ0) is 42.0. The van der Waals surface area contributed by atoms with E-state index in [2.05, 4.69) is 210 Å². The SMILES string of the molecule is CC1(Cc2ccccc2)C2=Cc3c(-c4cc([Si](C)(C)C)cc([Si](C)(C)C)c4)cccc3[CH]2[Hf]([CH3])([CH3])[CH]2C1=Cc1c(-c3cc([Si](C)(C)C)cc([Si](C)(C)C)c3)cccc12. The molecule has 2 atom stereocenters. The maximum absolute atomic E-state index is 3.31. The van der Waals surface area contributed by atoms with Crippen LogP contribution in [0.5, 0.6) is 0 Å². The van der Waals surface area contributed by atoms with E-state index in [-0.39, 0.29) is 5.41 Å². The first-order chi connectivity index (χ1) is 26.9. The molecule has 0 amide bonds. The summed E-state index contributed by atoms with van der Waals surface area (Å²) in [6.07, 6.45) is 6.52. The Bertz CT molecular complexity index is 2300. The fraction of sp³-hybridized carbons (Fsp3) is 0.358. The van der Waals surface area contributed by atoms with Crippen LogP contribution in [-0.2, 0) is 26.4 Å². The van der Waals surface area contributed by atoms with E-state index in [1.54, 1.807) is 43.0 Å². The van der Waals surface area contributed by atoms with Gasteiger partial charge in [0.2, 0.25) is 0 Å². The Balaban J connectivity index is 1.36. The zero-order valence-electron chi connectivity index (χ0n) is 38.3. The van der Waals surface area contributed by atoms with Crippen LogP contribution in [0.1, 0.15) is 42.1 Å². The molecule has 1 aliphatic heterocycles. The van der Waals surface area contributed by atoms with Crippen molar-refractivity contribution < 1.29 is 20.0 Å². The van der Waals surface area contributed by atoms with Gasteiger partial charge in [-0.25, -0.2) is 0 Å². The molecule has 0 aromatic heterocycles. The summed E-state index contributed by atoms with van der Waals surface area (Å²) in [7, 11) is -6.17. The molecule has 8 rings (SSSR count). The Labute approximate surface area is 360 Å². The second-order valence-electron chi connectivity index (χ2n) is 23.1. The zero-order valence-corrected chi connectivity index (χ0v) is 45.9. The van der Waals surface area contributed by atoms with Gasteiger partial charge in [-0.05, 0) is 0 Å². The van der Waals surface area contributed by atoms with Gasteiger partial charge in [0.25, 0.3) is 0 Å². The Hall–Kier alpha value is -2.68. The molecule has 1 fully saturated rings. The number of rotatable bonds is 8. The second-order valence-corrected chi connectivity index (χ2v) is 60.6. The fourth-order valence-electron chi connectivity index (χ4n) is 10.7. The van der Waals surface area contributed by atoms with Crippen LogP contribution in [0.4, 0.5) is 0 Å². The van der Waals surface area contributed by atoms with Crippen molar-refractivity contribution in [3.8, 4) is 22.3 Å². The molecule has 0 radical (unpaired) electrons. The molecule has 0 nitrogen and oxygen atoms in total. The average molecular weight is 996 g/mol. The standard InChI is InChI=1S/C51H62Si4.2CH3.Hf/c1-51(35-36-19-15-14-16-20-36,41-25-37-21-17-23-47(49(37)31-41)39-27-43(52(2,3)4)33-44(28-39)53(5,6)7)42-26-38-22-18-24-48(50(38)32-42)40-29-45(54(8,9)10)34-46(30-40)55(11,12)13;;;/h14-34H,35H2,1-13H3;2*1H3;. The molecule has 3 aliphatic rings. The third kappa shape index (κ3) is 7.21. The van der Waals surface area contributed by atoms with Gasteiger partial charge in [-0.2, -0.15) is 0 Å². The molecule has 1 saturated heterocycles. The third-order valence-electron chi connectivity index (χ3n) is 14.2. The summed E-state index contributed by atoms with van der Waals surface area (Å²) in [5.41, 5.74) is 16.8. The van der Waals surface area contributed by atoms with Gasteiger partial charge in [0, 0.05) is 0 Å². The molecule has 58 heavy (non-hydrogen) atoms. The van der Waals surface area contributed by atoms with E-state index in [0.29, 0.717) is 7.35 Å². The van der Waals surface area contributed by atoms with Crippen molar-refractivity contribution in [2.24, 2.45) is 5.41 Å². The van der Waals surface area contributed by atoms with Gasteiger partial charge in [0.05, 0.1) is 0 Å². The van der Waals surface area contributed by atoms with Gasteiger partial charge >= 0.3 is 364 Å². The fourth-order valence-corrected chi connectivity index (χ4v) is 33.1. The number of hydrogen-bond acceptors (Lipinski definition) is 0. The first-order valence-electron chi connectivity index (χ1n) is 22.0. The molecular formula is C53H68HfSi4. The Morgan fingerprint density at radius 2 is 0.828 bits per heavy atom. The van der Waals surface area contributed by atoms with Crippen LogP contribution in [0.3, 0.4) is 0 Å². The van der Waals surface area contributed by atoms with Crippen LogP contribution in [0.2, 0.25) is 87.9 Å². The summed E-state index contributed by atoms with van der Waals surface area (Å²) in [6.45, 7) is 32.8. The Morgan fingerprint density at radius 3 is 1.17 bits per heavy atom. The van der Waals surface area contributed by atoms with E-state index in [0.717, 1.165) is 6.42 Å². The number of allylic oxidation sites excluding steroid dienone is 2. The quantitative estimate of drug-likeness (QED) is 0.136. The van der Waals surface area contributed by atoms with E-state index >= 15 is 0 Å². The Kier molecular flexibility index (Phi) is 10.3. The van der Waals surface area contributed by atoms with Gasteiger partial charge in [0.15, 0.2) is 0 Å².